The van der Waals surface area contributed by atoms with Gasteiger partial charge in [-0.2, -0.15) is 5.10 Å². The molecule has 0 saturated carbocycles. The van der Waals surface area contributed by atoms with Gasteiger partial charge in [-0.1, -0.05) is 12.2 Å². The van der Waals surface area contributed by atoms with Gasteiger partial charge in [-0.25, -0.2) is 0 Å². The van der Waals surface area contributed by atoms with Crippen LogP contribution < -0.4 is 5.73 Å². The fraction of sp³-hybridized carbons (Fsp3) is 0.250. The van der Waals surface area contributed by atoms with E-state index < -0.39 is 5.97 Å². The molecule has 0 aliphatic heterocycles. The van der Waals surface area contributed by atoms with Crippen LogP contribution in [0, 0.1) is 6.92 Å². The van der Waals surface area contributed by atoms with Crippen molar-refractivity contribution in [2.45, 2.75) is 13.3 Å². The molecule has 5 heteroatoms. The lowest BCUT2D eigenvalue weighted by molar-refractivity contribution is -0.135. The number of H-pyrrole nitrogens is 1. The van der Waals surface area contributed by atoms with E-state index in [-0.39, 0.29) is 6.42 Å². The van der Waals surface area contributed by atoms with Crippen LogP contribution in [-0.4, -0.2) is 21.3 Å². The molecule has 0 aliphatic carbocycles. The van der Waals surface area contributed by atoms with Crippen LogP contribution >= 0.6 is 0 Å². The highest BCUT2D eigenvalue weighted by molar-refractivity contribution is 5.72. The van der Waals surface area contributed by atoms with E-state index in [1.165, 1.54) is 6.08 Å². The zero-order chi connectivity index (χ0) is 9.84. The van der Waals surface area contributed by atoms with Crippen LogP contribution in [0.15, 0.2) is 6.08 Å². The minimum absolute atomic E-state index is 0.00986. The average molecular weight is 181 g/mol. The molecule has 0 aliphatic rings. The smallest absolute Gasteiger partial charge is 0.307 e. The highest BCUT2D eigenvalue weighted by atomic mass is 16.4. The second kappa shape index (κ2) is 3.75. The predicted molar refractivity (Wildman–Crippen MR) is 49.0 cm³/mol. The summed E-state index contributed by atoms with van der Waals surface area (Å²) in [4.78, 5) is 10.2. The summed E-state index contributed by atoms with van der Waals surface area (Å²) < 4.78 is 0. The van der Waals surface area contributed by atoms with Gasteiger partial charge in [-0.05, 0) is 6.92 Å². The van der Waals surface area contributed by atoms with Gasteiger partial charge in [-0.3, -0.25) is 9.89 Å². The maximum absolute atomic E-state index is 10.2. The summed E-state index contributed by atoms with van der Waals surface area (Å²) in [7, 11) is 0. The van der Waals surface area contributed by atoms with Gasteiger partial charge >= 0.3 is 5.97 Å². The van der Waals surface area contributed by atoms with Gasteiger partial charge in [0.05, 0.1) is 6.42 Å². The van der Waals surface area contributed by atoms with Crippen molar-refractivity contribution in [3.05, 3.63) is 17.3 Å². The Morgan fingerprint density at radius 2 is 2.46 bits per heavy atom. The van der Waals surface area contributed by atoms with E-state index in [0.717, 1.165) is 11.3 Å². The van der Waals surface area contributed by atoms with Crippen molar-refractivity contribution >= 4 is 17.9 Å². The van der Waals surface area contributed by atoms with E-state index in [0.29, 0.717) is 5.82 Å². The van der Waals surface area contributed by atoms with Crippen LogP contribution in [-0.2, 0) is 4.79 Å². The molecule has 0 aromatic carbocycles. The van der Waals surface area contributed by atoms with Crippen molar-refractivity contribution in [2.24, 2.45) is 0 Å². The minimum atomic E-state index is -0.865. The normalized spacial score (nSPS) is 10.8. The summed E-state index contributed by atoms with van der Waals surface area (Å²) in [5.74, 6) is -0.477. The second-order valence-electron chi connectivity index (χ2n) is 2.65. The molecule has 0 radical (unpaired) electrons. The van der Waals surface area contributed by atoms with Crippen LogP contribution in [0.25, 0.3) is 6.08 Å². The van der Waals surface area contributed by atoms with Gasteiger partial charge in [-0.15, -0.1) is 0 Å². The standard InChI is InChI=1S/C8H11N3O2/c1-5-6(8(9)11-10-5)3-2-4-7(12)13/h2-3H,4H2,1H3,(H,12,13)(H3,9,10,11). The number of anilines is 1. The number of aliphatic carboxylic acids is 1. The van der Waals surface area contributed by atoms with E-state index in [2.05, 4.69) is 10.2 Å². The topological polar surface area (TPSA) is 92.0 Å². The van der Waals surface area contributed by atoms with Crippen molar-refractivity contribution in [1.82, 2.24) is 10.2 Å². The van der Waals surface area contributed by atoms with Crippen molar-refractivity contribution in [3.8, 4) is 0 Å². The van der Waals surface area contributed by atoms with E-state index in [4.69, 9.17) is 10.8 Å². The van der Waals surface area contributed by atoms with Gasteiger partial charge in [0.15, 0.2) is 5.82 Å². The molecule has 1 heterocycles. The lowest BCUT2D eigenvalue weighted by atomic mass is 10.2. The van der Waals surface area contributed by atoms with Gasteiger partial charge in [0.25, 0.3) is 0 Å². The summed E-state index contributed by atoms with van der Waals surface area (Å²) in [6.45, 7) is 1.82. The van der Waals surface area contributed by atoms with E-state index in [1.807, 2.05) is 6.92 Å². The summed E-state index contributed by atoms with van der Waals surface area (Å²) in [5, 5.41) is 14.8. The third kappa shape index (κ3) is 2.33. The number of rotatable bonds is 3. The average Bonchev–Trinajstić information content (AvgIpc) is 2.34. The zero-order valence-corrected chi connectivity index (χ0v) is 7.24. The molecule has 5 nitrogen and oxygen atoms in total. The maximum atomic E-state index is 10.2. The van der Waals surface area contributed by atoms with E-state index >= 15 is 0 Å². The molecule has 0 atom stereocenters. The number of carbonyl (C=O) groups is 1. The summed E-state index contributed by atoms with van der Waals surface area (Å²) in [6, 6.07) is 0. The van der Waals surface area contributed by atoms with E-state index in [9.17, 15) is 4.79 Å². The number of carboxylic acids is 1. The van der Waals surface area contributed by atoms with Crippen LogP contribution in [0.3, 0.4) is 0 Å². The second-order valence-corrected chi connectivity index (χ2v) is 2.65. The molecule has 0 bridgehead atoms. The summed E-state index contributed by atoms with van der Waals surface area (Å²) in [6.07, 6.45) is 3.18. The number of nitrogen functional groups attached to an aromatic ring is 1. The Hall–Kier alpha value is -1.78. The minimum Gasteiger partial charge on any atom is -0.481 e. The predicted octanol–water partition coefficient (Wildman–Crippen LogP) is 0.788. The van der Waals surface area contributed by atoms with Gasteiger partial charge < -0.3 is 10.8 Å². The first-order valence-electron chi connectivity index (χ1n) is 3.80. The van der Waals surface area contributed by atoms with Crippen molar-refractivity contribution < 1.29 is 9.90 Å². The third-order valence-corrected chi connectivity index (χ3v) is 1.60. The number of aromatic amines is 1. The number of carboxylic acid groups (broad SMARTS) is 1. The van der Waals surface area contributed by atoms with Gasteiger partial charge in [0.1, 0.15) is 0 Å². The molecule has 1 aromatic rings. The Kier molecular flexibility index (Phi) is 2.69. The van der Waals surface area contributed by atoms with E-state index in [1.54, 1.807) is 6.08 Å². The summed E-state index contributed by atoms with van der Waals surface area (Å²) in [5.41, 5.74) is 7.10. The van der Waals surface area contributed by atoms with Crippen LogP contribution in [0.5, 0.6) is 0 Å². The van der Waals surface area contributed by atoms with Crippen molar-refractivity contribution in [2.75, 3.05) is 5.73 Å². The van der Waals surface area contributed by atoms with Gasteiger partial charge in [0.2, 0.25) is 0 Å². The molecule has 0 spiro atoms. The number of nitrogens with two attached hydrogens (primary N) is 1. The van der Waals surface area contributed by atoms with Crippen LogP contribution in [0.1, 0.15) is 17.7 Å². The number of hydrogen-bond acceptors (Lipinski definition) is 3. The molecule has 0 unspecified atom stereocenters. The van der Waals surface area contributed by atoms with Crippen molar-refractivity contribution in [3.63, 3.8) is 0 Å². The molecular formula is C8H11N3O2. The molecule has 1 aromatic heterocycles. The fourth-order valence-corrected chi connectivity index (χ4v) is 0.945. The lowest BCUT2D eigenvalue weighted by Gasteiger charge is -1.90. The summed E-state index contributed by atoms with van der Waals surface area (Å²) >= 11 is 0. The van der Waals surface area contributed by atoms with Crippen LogP contribution in [0.4, 0.5) is 5.82 Å². The Morgan fingerprint density at radius 1 is 1.77 bits per heavy atom. The molecule has 13 heavy (non-hydrogen) atoms. The molecule has 70 valence electrons. The largest absolute Gasteiger partial charge is 0.481 e. The highest BCUT2D eigenvalue weighted by Crippen LogP contribution is 2.13. The zero-order valence-electron chi connectivity index (χ0n) is 7.24. The Balaban J connectivity index is 2.73. The Bertz CT molecular complexity index is 322. The third-order valence-electron chi connectivity index (χ3n) is 1.60. The molecule has 0 amide bonds. The number of nitrogens with zero attached hydrogens (tertiary/aromatic N) is 1. The number of hydrogen-bond donors (Lipinski definition) is 3. The number of aromatic nitrogens is 2. The number of nitrogens with one attached hydrogen (secondary N) is 1. The fourth-order valence-electron chi connectivity index (χ4n) is 0.945. The van der Waals surface area contributed by atoms with Crippen molar-refractivity contribution in [1.29, 1.82) is 0 Å². The quantitative estimate of drug-likeness (QED) is 0.642. The molecule has 4 N–H and O–H groups in total. The first-order chi connectivity index (χ1) is 6.11. The molecular weight excluding hydrogens is 170 g/mol. The lowest BCUT2D eigenvalue weighted by Crippen LogP contribution is -1.90. The first kappa shape index (κ1) is 9.31. The van der Waals surface area contributed by atoms with Gasteiger partial charge in [0, 0.05) is 11.3 Å². The Morgan fingerprint density at radius 3 is 2.92 bits per heavy atom. The highest BCUT2D eigenvalue weighted by Gasteiger charge is 2.02. The molecule has 0 saturated heterocycles. The monoisotopic (exact) mass is 181 g/mol. The van der Waals surface area contributed by atoms with Crippen LogP contribution in [0.2, 0.25) is 0 Å². The maximum Gasteiger partial charge on any atom is 0.307 e. The first-order valence-corrected chi connectivity index (χ1v) is 3.80. The Labute approximate surface area is 75.3 Å². The number of aryl methyl sites for hydroxylation is 1. The molecule has 0 fully saturated rings. The SMILES string of the molecule is Cc1[nH]nc(N)c1C=CCC(=O)O. The molecule has 1 rings (SSSR count).